The number of sulfonamides is 1. The molecule has 174 valence electrons. The van der Waals surface area contributed by atoms with Gasteiger partial charge in [-0.2, -0.15) is 4.31 Å². The van der Waals surface area contributed by atoms with E-state index in [0.29, 0.717) is 31.8 Å². The zero-order valence-electron chi connectivity index (χ0n) is 18.6. The van der Waals surface area contributed by atoms with Crippen molar-refractivity contribution in [2.24, 2.45) is 0 Å². The number of benzene rings is 2. The minimum absolute atomic E-state index is 0.0790. The predicted molar refractivity (Wildman–Crippen MR) is 123 cm³/mol. The van der Waals surface area contributed by atoms with E-state index in [9.17, 15) is 17.2 Å². The molecule has 1 aliphatic rings. The highest BCUT2D eigenvalue weighted by Crippen LogP contribution is 2.27. The van der Waals surface area contributed by atoms with Gasteiger partial charge in [0.1, 0.15) is 23.3 Å². The number of rotatable bonds is 6. The Morgan fingerprint density at radius 1 is 0.939 bits per heavy atom. The SMILES string of the molecule is CCc1nc(C)nc(N2CCN(S(=O)(=O)c3ccc(F)cc3)CC2)c1Cc1cccc(F)c1. The van der Waals surface area contributed by atoms with E-state index in [1.54, 1.807) is 6.07 Å². The van der Waals surface area contributed by atoms with Crippen LogP contribution >= 0.6 is 0 Å². The lowest BCUT2D eigenvalue weighted by Crippen LogP contribution is -2.49. The van der Waals surface area contributed by atoms with Crippen molar-refractivity contribution < 1.29 is 17.2 Å². The minimum atomic E-state index is -3.70. The molecule has 2 heterocycles. The Balaban J connectivity index is 1.59. The van der Waals surface area contributed by atoms with Gasteiger partial charge in [-0.05, 0) is 55.3 Å². The smallest absolute Gasteiger partial charge is 0.243 e. The zero-order valence-corrected chi connectivity index (χ0v) is 19.4. The van der Waals surface area contributed by atoms with Crippen molar-refractivity contribution in [3.8, 4) is 0 Å². The van der Waals surface area contributed by atoms with E-state index >= 15 is 0 Å². The summed E-state index contributed by atoms with van der Waals surface area (Å²) in [7, 11) is -3.70. The van der Waals surface area contributed by atoms with Crippen molar-refractivity contribution in [2.45, 2.75) is 31.6 Å². The average molecular weight is 473 g/mol. The Kier molecular flexibility index (Phi) is 6.71. The summed E-state index contributed by atoms with van der Waals surface area (Å²) in [6, 6.07) is 11.4. The molecule has 0 amide bonds. The number of halogens is 2. The first-order valence-corrected chi connectivity index (χ1v) is 12.3. The first kappa shape index (κ1) is 23.3. The zero-order chi connectivity index (χ0) is 23.6. The van der Waals surface area contributed by atoms with Crippen LogP contribution in [0.1, 0.15) is 29.6 Å². The van der Waals surface area contributed by atoms with Crippen molar-refractivity contribution in [1.82, 2.24) is 14.3 Å². The van der Waals surface area contributed by atoms with Gasteiger partial charge in [0.05, 0.1) is 4.90 Å². The molecule has 0 radical (unpaired) electrons. The first-order chi connectivity index (χ1) is 15.8. The fourth-order valence-electron chi connectivity index (χ4n) is 4.12. The molecule has 4 rings (SSSR count). The average Bonchev–Trinajstić information content (AvgIpc) is 2.80. The van der Waals surface area contributed by atoms with Crippen molar-refractivity contribution >= 4 is 15.8 Å². The standard InChI is InChI=1S/C24H26F2N4O2S/c1-3-23-22(16-18-5-4-6-20(26)15-18)24(28-17(2)27-23)29-11-13-30(14-12-29)33(31,32)21-9-7-19(25)8-10-21/h4-10,15H,3,11-14,16H2,1-2H3. The number of nitrogens with zero attached hydrogens (tertiary/aromatic N) is 4. The van der Waals surface area contributed by atoms with E-state index < -0.39 is 15.8 Å². The topological polar surface area (TPSA) is 66.4 Å². The second kappa shape index (κ2) is 9.52. The first-order valence-electron chi connectivity index (χ1n) is 10.9. The van der Waals surface area contributed by atoms with Gasteiger partial charge in [-0.25, -0.2) is 27.2 Å². The number of aryl methyl sites for hydroxylation is 2. The molecule has 0 atom stereocenters. The summed E-state index contributed by atoms with van der Waals surface area (Å²) in [5.41, 5.74) is 2.67. The molecule has 1 aromatic heterocycles. The van der Waals surface area contributed by atoms with Gasteiger partial charge in [-0.1, -0.05) is 19.1 Å². The van der Waals surface area contributed by atoms with Gasteiger partial charge in [0.15, 0.2) is 0 Å². The Labute approximate surface area is 193 Å². The van der Waals surface area contributed by atoms with Crippen molar-refractivity contribution in [3.05, 3.63) is 82.8 Å². The number of anilines is 1. The lowest BCUT2D eigenvalue weighted by atomic mass is 10.0. The van der Waals surface area contributed by atoms with Gasteiger partial charge in [0, 0.05) is 43.9 Å². The van der Waals surface area contributed by atoms with E-state index in [4.69, 9.17) is 4.98 Å². The molecule has 33 heavy (non-hydrogen) atoms. The molecule has 0 aliphatic carbocycles. The third kappa shape index (κ3) is 5.04. The monoisotopic (exact) mass is 472 g/mol. The molecule has 1 saturated heterocycles. The number of piperazine rings is 1. The van der Waals surface area contributed by atoms with Crippen molar-refractivity contribution in [2.75, 3.05) is 31.1 Å². The van der Waals surface area contributed by atoms with Gasteiger partial charge in [0.2, 0.25) is 10.0 Å². The Bertz CT molecular complexity index is 1240. The Hall–Kier alpha value is -2.91. The quantitative estimate of drug-likeness (QED) is 0.547. The molecule has 0 bridgehead atoms. The van der Waals surface area contributed by atoms with Crippen LogP contribution in [-0.4, -0.2) is 48.9 Å². The lowest BCUT2D eigenvalue weighted by Gasteiger charge is -2.36. The van der Waals surface area contributed by atoms with Crippen LogP contribution < -0.4 is 4.90 Å². The third-order valence-electron chi connectivity index (χ3n) is 5.78. The Morgan fingerprint density at radius 2 is 1.64 bits per heavy atom. The van der Waals surface area contributed by atoms with Crippen LogP contribution in [0.3, 0.4) is 0 Å². The maximum Gasteiger partial charge on any atom is 0.243 e. The highest BCUT2D eigenvalue weighted by atomic mass is 32.2. The molecular formula is C24H26F2N4O2S. The van der Waals surface area contributed by atoms with Gasteiger partial charge in [-0.3, -0.25) is 0 Å². The molecule has 0 unspecified atom stereocenters. The van der Waals surface area contributed by atoms with Crippen LogP contribution in [0.2, 0.25) is 0 Å². The van der Waals surface area contributed by atoms with Gasteiger partial charge in [0.25, 0.3) is 0 Å². The van der Waals surface area contributed by atoms with Crippen LogP contribution in [0.15, 0.2) is 53.4 Å². The molecule has 2 aromatic carbocycles. The van der Waals surface area contributed by atoms with Crippen LogP contribution in [0, 0.1) is 18.6 Å². The fraction of sp³-hybridized carbons (Fsp3) is 0.333. The summed E-state index contributed by atoms with van der Waals surface area (Å²) in [4.78, 5) is 11.4. The molecule has 0 N–H and O–H groups in total. The van der Waals surface area contributed by atoms with Gasteiger partial charge in [-0.15, -0.1) is 0 Å². The number of hydrogen-bond donors (Lipinski definition) is 0. The number of hydrogen-bond acceptors (Lipinski definition) is 5. The maximum absolute atomic E-state index is 13.8. The highest BCUT2D eigenvalue weighted by molar-refractivity contribution is 7.89. The van der Waals surface area contributed by atoms with E-state index in [1.165, 1.54) is 28.6 Å². The second-order valence-electron chi connectivity index (χ2n) is 8.02. The molecule has 3 aromatic rings. The maximum atomic E-state index is 13.8. The molecule has 0 spiro atoms. The molecule has 9 heteroatoms. The number of aromatic nitrogens is 2. The third-order valence-corrected chi connectivity index (χ3v) is 7.69. The van der Waals surface area contributed by atoms with E-state index in [1.807, 2.05) is 19.9 Å². The minimum Gasteiger partial charge on any atom is -0.354 e. The summed E-state index contributed by atoms with van der Waals surface area (Å²) in [6.07, 6.45) is 1.20. The lowest BCUT2D eigenvalue weighted by molar-refractivity contribution is 0.383. The van der Waals surface area contributed by atoms with Gasteiger partial charge < -0.3 is 4.90 Å². The summed E-state index contributed by atoms with van der Waals surface area (Å²) < 4.78 is 54.3. The second-order valence-corrected chi connectivity index (χ2v) is 9.96. The van der Waals surface area contributed by atoms with E-state index in [-0.39, 0.29) is 23.8 Å². The molecule has 6 nitrogen and oxygen atoms in total. The molecule has 0 saturated carbocycles. The van der Waals surface area contributed by atoms with E-state index in [2.05, 4.69) is 9.88 Å². The normalized spacial score (nSPS) is 15.1. The van der Waals surface area contributed by atoms with E-state index in [0.717, 1.165) is 34.8 Å². The molecule has 1 aliphatic heterocycles. The van der Waals surface area contributed by atoms with Crippen LogP contribution in [0.5, 0.6) is 0 Å². The largest absolute Gasteiger partial charge is 0.354 e. The highest BCUT2D eigenvalue weighted by Gasteiger charge is 2.30. The Morgan fingerprint density at radius 3 is 2.27 bits per heavy atom. The van der Waals surface area contributed by atoms with Crippen molar-refractivity contribution in [1.29, 1.82) is 0 Å². The summed E-state index contributed by atoms with van der Waals surface area (Å²) >= 11 is 0. The van der Waals surface area contributed by atoms with Gasteiger partial charge >= 0.3 is 0 Å². The summed E-state index contributed by atoms with van der Waals surface area (Å²) in [6.45, 7) is 5.33. The van der Waals surface area contributed by atoms with Crippen LogP contribution in [0.25, 0.3) is 0 Å². The summed E-state index contributed by atoms with van der Waals surface area (Å²) in [5, 5.41) is 0. The predicted octanol–water partition coefficient (Wildman–Crippen LogP) is 3.73. The van der Waals surface area contributed by atoms with Crippen LogP contribution in [0.4, 0.5) is 14.6 Å². The van der Waals surface area contributed by atoms with Crippen LogP contribution in [-0.2, 0) is 22.9 Å². The molecule has 1 fully saturated rings. The fourth-order valence-corrected chi connectivity index (χ4v) is 5.54. The van der Waals surface area contributed by atoms with Crippen molar-refractivity contribution in [3.63, 3.8) is 0 Å². The molecular weight excluding hydrogens is 446 g/mol. The summed E-state index contributed by atoms with van der Waals surface area (Å²) in [5.74, 6) is 0.642.